The number of fused-ring (bicyclic) bond motifs is 3. The molecule has 178 valence electrons. The third-order valence-corrected chi connectivity index (χ3v) is 6.06. The molecule has 0 aromatic carbocycles. The van der Waals surface area contributed by atoms with Gasteiger partial charge in [0.05, 0.1) is 24.6 Å². The predicted octanol–water partition coefficient (Wildman–Crippen LogP) is 0.825. The minimum Gasteiger partial charge on any atom is -0.463 e. The van der Waals surface area contributed by atoms with Gasteiger partial charge in [-0.1, -0.05) is 0 Å². The number of carbonyl (C=O) groups excluding carboxylic acids is 2. The topological polar surface area (TPSA) is 132 Å². The number of rotatable bonds is 7. The van der Waals surface area contributed by atoms with Crippen LogP contribution in [0.3, 0.4) is 0 Å². The first kappa shape index (κ1) is 21.7. The molecule has 1 atom stereocenters. The van der Waals surface area contributed by atoms with Crippen LogP contribution in [0.1, 0.15) is 30.0 Å². The fourth-order valence-corrected chi connectivity index (χ4v) is 4.27. The number of urea groups is 1. The lowest BCUT2D eigenvalue weighted by Crippen LogP contribution is -2.44. The summed E-state index contributed by atoms with van der Waals surface area (Å²) in [6, 6.07) is 3.34. The number of nitrogens with two attached hydrogens (primary N) is 1. The van der Waals surface area contributed by atoms with Crippen LogP contribution in [-0.2, 0) is 6.54 Å². The molecule has 1 saturated heterocycles. The lowest BCUT2D eigenvalue weighted by Gasteiger charge is -2.28. The number of amides is 3. The van der Waals surface area contributed by atoms with Crippen LogP contribution in [-0.4, -0.2) is 91.7 Å². The molecule has 1 unspecified atom stereocenters. The van der Waals surface area contributed by atoms with Crippen molar-refractivity contribution >= 4 is 29.8 Å². The summed E-state index contributed by atoms with van der Waals surface area (Å²) < 4.78 is 7.20. The molecule has 2 aromatic heterocycles. The zero-order valence-corrected chi connectivity index (χ0v) is 19.2. The van der Waals surface area contributed by atoms with Gasteiger partial charge in [-0.25, -0.2) is 35.6 Å². The van der Waals surface area contributed by atoms with Crippen LogP contribution in [0.5, 0.6) is 0 Å². The van der Waals surface area contributed by atoms with Crippen LogP contribution in [0.15, 0.2) is 50.9 Å². The number of nitrogens with zero attached hydrogens (tertiary/aromatic N) is 9. The van der Waals surface area contributed by atoms with E-state index in [0.717, 1.165) is 0 Å². The summed E-state index contributed by atoms with van der Waals surface area (Å²) in [5, 5.41) is 8.88. The maximum Gasteiger partial charge on any atom is 0.341 e. The number of aliphatic imine (C=N–C) groups is 2. The van der Waals surface area contributed by atoms with E-state index in [-0.39, 0.29) is 11.9 Å². The molecule has 3 aliphatic rings. The Labute approximate surface area is 195 Å². The fourth-order valence-electron chi connectivity index (χ4n) is 4.27. The molecule has 13 nitrogen and oxygen atoms in total. The van der Waals surface area contributed by atoms with Gasteiger partial charge in [-0.15, -0.1) is 0 Å². The molecule has 5 heterocycles. The van der Waals surface area contributed by atoms with Gasteiger partial charge >= 0.3 is 6.03 Å². The van der Waals surface area contributed by atoms with Crippen molar-refractivity contribution in [2.45, 2.75) is 26.7 Å². The van der Waals surface area contributed by atoms with Crippen molar-refractivity contribution in [3.63, 3.8) is 0 Å². The maximum absolute atomic E-state index is 13.1. The summed E-state index contributed by atoms with van der Waals surface area (Å²) in [6.45, 7) is 5.86. The third-order valence-electron chi connectivity index (χ3n) is 6.06. The molecule has 0 bridgehead atoms. The second kappa shape index (κ2) is 8.33. The Morgan fingerprint density at radius 3 is 2.76 bits per heavy atom. The van der Waals surface area contributed by atoms with E-state index in [1.54, 1.807) is 57.3 Å². The van der Waals surface area contributed by atoms with Crippen molar-refractivity contribution in [1.82, 2.24) is 34.6 Å². The molecule has 1 fully saturated rings. The van der Waals surface area contributed by atoms with Gasteiger partial charge < -0.3 is 9.32 Å². The smallest absolute Gasteiger partial charge is 0.341 e. The zero-order chi connectivity index (χ0) is 24.0. The second-order valence-corrected chi connectivity index (χ2v) is 7.94. The third kappa shape index (κ3) is 3.32. The average Bonchev–Trinajstić information content (AvgIpc) is 3.62. The van der Waals surface area contributed by atoms with Crippen LogP contribution < -0.4 is 5.84 Å². The zero-order valence-electron chi connectivity index (χ0n) is 19.2. The summed E-state index contributed by atoms with van der Waals surface area (Å²) in [5.74, 6) is 7.07. The minimum atomic E-state index is -0.618. The van der Waals surface area contributed by atoms with E-state index < -0.39 is 6.29 Å². The van der Waals surface area contributed by atoms with Gasteiger partial charge in [0.2, 0.25) is 6.29 Å². The number of carbonyl (C=O) groups is 2. The van der Waals surface area contributed by atoms with E-state index in [9.17, 15) is 9.59 Å². The fraction of sp³-hybridized carbons (Fsp3) is 0.381. The number of hydrazine groups is 2. The van der Waals surface area contributed by atoms with Gasteiger partial charge in [0.15, 0.2) is 11.6 Å². The van der Waals surface area contributed by atoms with Crippen LogP contribution in [0.4, 0.5) is 4.79 Å². The summed E-state index contributed by atoms with van der Waals surface area (Å²) >= 11 is 0. The van der Waals surface area contributed by atoms with E-state index in [0.29, 0.717) is 54.7 Å². The van der Waals surface area contributed by atoms with E-state index >= 15 is 0 Å². The van der Waals surface area contributed by atoms with Crippen molar-refractivity contribution in [2.75, 3.05) is 26.7 Å². The van der Waals surface area contributed by atoms with Crippen molar-refractivity contribution < 1.29 is 14.0 Å². The van der Waals surface area contributed by atoms with E-state index in [4.69, 9.17) is 15.3 Å². The Bertz CT molecular complexity index is 1190. The normalized spacial score (nSPS) is 19.2. The number of aromatic nitrogens is 2. The molecule has 3 aliphatic heterocycles. The predicted molar refractivity (Wildman–Crippen MR) is 123 cm³/mol. The molecule has 0 radical (unpaired) electrons. The number of hydrogen-bond acceptors (Lipinski definition) is 9. The first-order valence-electron chi connectivity index (χ1n) is 11.0. The standard InChI is InChI=1S/C21H26N10O3/c1-4-27(5-2)19(32)14-11-24-28(12-14)8-9-29-20-25-18-17(31(20)26(3)21(29)33)16(23-13-30(18)22)15-7-6-10-34-15/h6-7,10-13,20H,4-5,8-9,22H2,1-3H3. The molecule has 2 N–H and O–H groups in total. The van der Waals surface area contributed by atoms with Crippen molar-refractivity contribution in [3.05, 3.63) is 47.8 Å². The molecule has 34 heavy (non-hydrogen) atoms. The molecular weight excluding hydrogens is 440 g/mol. The lowest BCUT2D eigenvalue weighted by molar-refractivity contribution is 0.0772. The van der Waals surface area contributed by atoms with Gasteiger partial charge in [0.25, 0.3) is 5.91 Å². The Hall–Kier alpha value is -4.13. The molecule has 0 aliphatic carbocycles. The summed E-state index contributed by atoms with van der Waals surface area (Å²) in [5.41, 5.74) is 1.65. The first-order valence-corrected chi connectivity index (χ1v) is 11.0. The van der Waals surface area contributed by atoms with Crippen molar-refractivity contribution in [1.29, 1.82) is 0 Å². The van der Waals surface area contributed by atoms with Gasteiger partial charge in [-0.3, -0.25) is 14.4 Å². The first-order chi connectivity index (χ1) is 16.4. The van der Waals surface area contributed by atoms with Crippen LogP contribution >= 0.6 is 0 Å². The van der Waals surface area contributed by atoms with Gasteiger partial charge in [-0.2, -0.15) is 5.10 Å². The van der Waals surface area contributed by atoms with E-state index in [1.807, 2.05) is 13.8 Å². The number of amidine groups is 1. The maximum atomic E-state index is 13.1. The Morgan fingerprint density at radius 2 is 2.06 bits per heavy atom. The van der Waals surface area contributed by atoms with Gasteiger partial charge in [0, 0.05) is 32.9 Å². The largest absolute Gasteiger partial charge is 0.463 e. The van der Waals surface area contributed by atoms with Crippen LogP contribution in [0, 0.1) is 0 Å². The summed E-state index contributed by atoms with van der Waals surface area (Å²) in [7, 11) is 1.68. The lowest BCUT2D eigenvalue weighted by atomic mass is 10.2. The number of furan rings is 1. The Morgan fingerprint density at radius 1 is 1.26 bits per heavy atom. The van der Waals surface area contributed by atoms with E-state index in [1.165, 1.54) is 16.4 Å². The summed E-state index contributed by atoms with van der Waals surface area (Å²) in [4.78, 5) is 38.1. The van der Waals surface area contributed by atoms with Crippen LogP contribution in [0.2, 0.25) is 0 Å². The van der Waals surface area contributed by atoms with Crippen LogP contribution in [0.25, 0.3) is 5.70 Å². The Balaban J connectivity index is 1.37. The second-order valence-electron chi connectivity index (χ2n) is 7.94. The monoisotopic (exact) mass is 466 g/mol. The van der Waals surface area contributed by atoms with Gasteiger partial charge in [0.1, 0.15) is 17.7 Å². The minimum absolute atomic E-state index is 0.0638. The highest BCUT2D eigenvalue weighted by Crippen LogP contribution is 2.38. The van der Waals surface area contributed by atoms with E-state index in [2.05, 4.69) is 10.1 Å². The molecule has 5 rings (SSSR count). The van der Waals surface area contributed by atoms with Crippen molar-refractivity contribution in [3.8, 4) is 0 Å². The summed E-state index contributed by atoms with van der Waals surface area (Å²) in [6.07, 6.45) is 5.67. The molecule has 0 saturated carbocycles. The molecule has 2 aromatic rings. The Kier molecular flexibility index (Phi) is 5.32. The molecule has 3 amide bonds. The molecule has 13 heteroatoms. The quantitative estimate of drug-likeness (QED) is 0.598. The SMILES string of the molecule is CCN(CC)C(=O)c1cnn(CCN2C(=O)N(C)N3C4=C(c5ccco5)N=CN(N)C4=NC23)c1. The highest BCUT2D eigenvalue weighted by Gasteiger charge is 2.51. The number of hydrogen-bond donors (Lipinski definition) is 1. The molecular formula is C21H26N10O3. The highest BCUT2D eigenvalue weighted by molar-refractivity contribution is 6.12. The molecule has 0 spiro atoms. The van der Waals surface area contributed by atoms with Gasteiger partial charge in [-0.05, 0) is 26.0 Å². The highest BCUT2D eigenvalue weighted by atomic mass is 16.3. The average molecular weight is 467 g/mol. The van der Waals surface area contributed by atoms with Crippen molar-refractivity contribution in [2.24, 2.45) is 15.8 Å².